The fraction of sp³-hybridized carbons (Fsp3) is 0.278. The van der Waals surface area contributed by atoms with Crippen LogP contribution >= 0.6 is 23.2 Å². The number of amides is 1. The van der Waals surface area contributed by atoms with Crippen molar-refractivity contribution in [3.63, 3.8) is 0 Å². The third-order valence-corrected chi connectivity index (χ3v) is 4.57. The van der Waals surface area contributed by atoms with Gasteiger partial charge in [0.25, 0.3) is 5.91 Å². The van der Waals surface area contributed by atoms with Crippen molar-refractivity contribution in [3.05, 3.63) is 57.1 Å². The van der Waals surface area contributed by atoms with Crippen LogP contribution in [0.4, 0.5) is 5.69 Å². The number of carbonyl (C=O) groups excluding carboxylic acids is 1. The second-order valence-electron chi connectivity index (χ2n) is 5.73. The molecule has 25 heavy (non-hydrogen) atoms. The molecule has 0 radical (unpaired) electrons. The molecule has 1 aliphatic heterocycles. The number of hydrogen-bond acceptors (Lipinski definition) is 4. The summed E-state index contributed by atoms with van der Waals surface area (Å²) in [6, 6.07) is 9.00. The molecule has 1 heterocycles. The zero-order valence-electron chi connectivity index (χ0n) is 13.6. The lowest BCUT2D eigenvalue weighted by molar-refractivity contribution is 0.102. The molecule has 0 aromatic heterocycles. The Balaban J connectivity index is 1.82. The molecule has 0 unspecified atom stereocenters. The smallest absolute Gasteiger partial charge is 0.255 e. The first-order valence-corrected chi connectivity index (χ1v) is 8.80. The van der Waals surface area contributed by atoms with Crippen molar-refractivity contribution in [2.24, 2.45) is 5.73 Å². The largest absolute Gasteiger partial charge is 0.489 e. The number of rotatable bonds is 5. The van der Waals surface area contributed by atoms with Crippen molar-refractivity contribution in [1.29, 1.82) is 0 Å². The van der Waals surface area contributed by atoms with Gasteiger partial charge in [-0.25, -0.2) is 0 Å². The van der Waals surface area contributed by atoms with E-state index in [1.165, 1.54) is 5.56 Å². The number of nitrogens with two attached hydrogens (primary N) is 1. The van der Waals surface area contributed by atoms with Crippen LogP contribution < -0.4 is 21.1 Å². The maximum atomic E-state index is 12.6. The molecular formula is C18H19Cl2N3O2. The second-order valence-corrected chi connectivity index (χ2v) is 6.54. The normalized spacial score (nSPS) is 13.2. The van der Waals surface area contributed by atoms with Gasteiger partial charge in [-0.1, -0.05) is 35.3 Å². The van der Waals surface area contributed by atoms with Crippen LogP contribution in [0.2, 0.25) is 10.0 Å². The quantitative estimate of drug-likeness (QED) is 0.745. The van der Waals surface area contributed by atoms with Crippen molar-refractivity contribution in [1.82, 2.24) is 5.32 Å². The van der Waals surface area contributed by atoms with Crippen LogP contribution in [-0.2, 0) is 13.0 Å². The van der Waals surface area contributed by atoms with Crippen LogP contribution in [-0.4, -0.2) is 25.6 Å². The van der Waals surface area contributed by atoms with E-state index in [1.807, 2.05) is 12.1 Å². The highest BCUT2D eigenvalue weighted by Gasteiger charge is 2.17. The molecule has 2 aromatic rings. The summed E-state index contributed by atoms with van der Waals surface area (Å²) in [5.41, 5.74) is 8.97. The van der Waals surface area contributed by atoms with Gasteiger partial charge in [0.2, 0.25) is 0 Å². The second kappa shape index (κ2) is 8.06. The Kier molecular flexibility index (Phi) is 5.81. The fourth-order valence-electron chi connectivity index (χ4n) is 2.83. The summed E-state index contributed by atoms with van der Waals surface area (Å²) in [7, 11) is 0. The summed E-state index contributed by atoms with van der Waals surface area (Å²) >= 11 is 12.4. The molecule has 0 spiro atoms. The summed E-state index contributed by atoms with van der Waals surface area (Å²) < 4.78 is 5.42. The minimum atomic E-state index is -0.263. The fourth-order valence-corrected chi connectivity index (χ4v) is 3.43. The van der Waals surface area contributed by atoms with Crippen molar-refractivity contribution in [2.45, 2.75) is 13.0 Å². The minimum absolute atomic E-state index is 0.263. The van der Waals surface area contributed by atoms with Gasteiger partial charge in [0.1, 0.15) is 6.61 Å². The first kappa shape index (κ1) is 18.0. The summed E-state index contributed by atoms with van der Waals surface area (Å²) in [5, 5.41) is 6.84. The van der Waals surface area contributed by atoms with E-state index < -0.39 is 0 Å². The average Bonchev–Trinajstić information content (AvgIpc) is 2.61. The highest BCUT2D eigenvalue weighted by atomic mass is 35.5. The maximum Gasteiger partial charge on any atom is 0.255 e. The van der Waals surface area contributed by atoms with Gasteiger partial charge in [0, 0.05) is 24.3 Å². The van der Waals surface area contributed by atoms with E-state index in [2.05, 4.69) is 16.7 Å². The highest BCUT2D eigenvalue weighted by Crippen LogP contribution is 2.34. The Morgan fingerprint density at radius 2 is 2.04 bits per heavy atom. The van der Waals surface area contributed by atoms with Crippen molar-refractivity contribution in [2.75, 3.05) is 25.0 Å². The van der Waals surface area contributed by atoms with Crippen LogP contribution in [0, 0.1) is 0 Å². The molecule has 2 aromatic carbocycles. The molecule has 0 saturated heterocycles. The van der Waals surface area contributed by atoms with Gasteiger partial charge in [-0.3, -0.25) is 4.79 Å². The van der Waals surface area contributed by atoms with Crippen LogP contribution in [0.5, 0.6) is 5.75 Å². The van der Waals surface area contributed by atoms with Gasteiger partial charge in [-0.15, -0.1) is 0 Å². The third-order valence-electron chi connectivity index (χ3n) is 4.01. The molecule has 0 fully saturated rings. The van der Waals surface area contributed by atoms with Gasteiger partial charge in [0.15, 0.2) is 5.75 Å². The van der Waals surface area contributed by atoms with E-state index in [-0.39, 0.29) is 16.0 Å². The summed E-state index contributed by atoms with van der Waals surface area (Å²) in [5.74, 6) is 0.0783. The Labute approximate surface area is 156 Å². The standard InChI is InChI=1S/C18H19Cl2N3O2/c19-14-8-12(9-15(20)17(14)25-7-5-21)18(24)23-16-3-1-2-11-10-22-6-4-13(11)16/h1-3,8-9,22H,4-7,10,21H2,(H,23,24). The van der Waals surface area contributed by atoms with Crippen LogP contribution in [0.3, 0.4) is 0 Å². The first-order chi connectivity index (χ1) is 12.1. The molecule has 132 valence electrons. The molecule has 7 heteroatoms. The van der Waals surface area contributed by atoms with Crippen molar-refractivity contribution >= 4 is 34.8 Å². The molecular weight excluding hydrogens is 361 g/mol. The van der Waals surface area contributed by atoms with E-state index in [9.17, 15) is 4.79 Å². The lowest BCUT2D eigenvalue weighted by Crippen LogP contribution is -2.25. The van der Waals surface area contributed by atoms with E-state index in [1.54, 1.807) is 12.1 Å². The number of nitrogens with one attached hydrogen (secondary N) is 2. The molecule has 1 amide bonds. The van der Waals surface area contributed by atoms with Crippen molar-refractivity contribution < 1.29 is 9.53 Å². The van der Waals surface area contributed by atoms with Gasteiger partial charge in [-0.05, 0) is 42.3 Å². The van der Waals surface area contributed by atoms with Crippen LogP contribution in [0.15, 0.2) is 30.3 Å². The number of anilines is 1. The molecule has 3 rings (SSSR count). The maximum absolute atomic E-state index is 12.6. The lowest BCUT2D eigenvalue weighted by Gasteiger charge is -2.20. The topological polar surface area (TPSA) is 76.4 Å². The third kappa shape index (κ3) is 4.07. The zero-order valence-corrected chi connectivity index (χ0v) is 15.1. The number of hydrogen-bond donors (Lipinski definition) is 3. The molecule has 0 saturated carbocycles. The van der Waals surface area contributed by atoms with Crippen molar-refractivity contribution in [3.8, 4) is 5.75 Å². The number of fused-ring (bicyclic) bond motifs is 1. The van der Waals surface area contributed by atoms with E-state index >= 15 is 0 Å². The van der Waals surface area contributed by atoms with Crippen LogP contribution in [0.25, 0.3) is 0 Å². The Morgan fingerprint density at radius 3 is 2.76 bits per heavy atom. The first-order valence-electron chi connectivity index (χ1n) is 8.05. The predicted octanol–water partition coefficient (Wildman–Crippen LogP) is 3.23. The lowest BCUT2D eigenvalue weighted by atomic mass is 9.99. The number of ether oxygens (including phenoxy) is 1. The Morgan fingerprint density at radius 1 is 1.28 bits per heavy atom. The van der Waals surface area contributed by atoms with Gasteiger partial charge in [-0.2, -0.15) is 0 Å². The molecule has 0 atom stereocenters. The number of halogens is 2. The van der Waals surface area contributed by atoms with E-state index in [4.69, 9.17) is 33.7 Å². The van der Waals surface area contributed by atoms with Gasteiger partial charge < -0.3 is 21.1 Å². The van der Waals surface area contributed by atoms with Gasteiger partial charge in [0.05, 0.1) is 10.0 Å². The monoisotopic (exact) mass is 379 g/mol. The molecule has 1 aliphatic rings. The summed E-state index contributed by atoms with van der Waals surface area (Å²) in [4.78, 5) is 12.6. The summed E-state index contributed by atoms with van der Waals surface area (Å²) in [6.45, 7) is 2.35. The van der Waals surface area contributed by atoms with Crippen LogP contribution in [0.1, 0.15) is 21.5 Å². The highest BCUT2D eigenvalue weighted by molar-refractivity contribution is 6.37. The van der Waals surface area contributed by atoms with E-state index in [0.717, 1.165) is 30.8 Å². The minimum Gasteiger partial charge on any atom is -0.489 e. The molecule has 0 aliphatic carbocycles. The molecule has 0 bridgehead atoms. The number of benzene rings is 2. The number of carbonyl (C=O) groups is 1. The average molecular weight is 380 g/mol. The molecule has 5 nitrogen and oxygen atoms in total. The summed E-state index contributed by atoms with van der Waals surface area (Å²) in [6.07, 6.45) is 0.874. The predicted molar refractivity (Wildman–Crippen MR) is 101 cm³/mol. The van der Waals surface area contributed by atoms with Gasteiger partial charge >= 0.3 is 0 Å². The molecule has 4 N–H and O–H groups in total. The Hall–Kier alpha value is -1.79. The Bertz CT molecular complexity index is 773. The zero-order chi connectivity index (χ0) is 17.8. The van der Waals surface area contributed by atoms with E-state index in [0.29, 0.717) is 24.5 Å². The SMILES string of the molecule is NCCOc1c(Cl)cc(C(=O)Nc2cccc3c2CCNC3)cc1Cl.